The molecule has 7 heteroatoms. The molecule has 0 spiro atoms. The van der Waals surface area contributed by atoms with Crippen molar-refractivity contribution in [3.05, 3.63) is 134 Å². The van der Waals surface area contributed by atoms with E-state index >= 15 is 0 Å². The van der Waals surface area contributed by atoms with Gasteiger partial charge in [0, 0.05) is 12.8 Å². The molecule has 0 aromatic rings. The van der Waals surface area contributed by atoms with E-state index in [-0.39, 0.29) is 18.0 Å². The maximum atomic E-state index is 12.8. The van der Waals surface area contributed by atoms with Gasteiger partial charge in [0.05, 0.1) is 0 Å². The standard InChI is InChI=1S/C55H86N2O5/c1-3-5-7-9-11-13-15-17-18-19-20-21-22-23-24-25-26-28-30-32-34-39-43-49-54(59)62-51(45-40-36-33-31-29-27-16-14-12-10-8-6-4-2)46-41-37-35-38-42-48-53(58)57-52(55(60)61)47-44-50-56/h5-8,11-14,17-18,20-21,23-24,26-29,32-34,36,51-52H,3-4,9-10,15-16,19,22,25,30-31,35,37-50,56H2,1-2H3,(H,57,58)(H,60,61)/b7-5-,8-6-,13-11-,14-12-,18-17-,21-20-,24-23-,28-26-,29-27-,34-32-,36-33-. The smallest absolute Gasteiger partial charge is 0.326 e. The van der Waals surface area contributed by atoms with Gasteiger partial charge in [-0.15, -0.1) is 0 Å². The topological polar surface area (TPSA) is 119 Å². The van der Waals surface area contributed by atoms with E-state index < -0.39 is 12.0 Å². The Hall–Kier alpha value is -4.49. The van der Waals surface area contributed by atoms with E-state index in [4.69, 9.17) is 10.5 Å². The van der Waals surface area contributed by atoms with Crippen LogP contribution in [0.1, 0.15) is 174 Å². The van der Waals surface area contributed by atoms with Gasteiger partial charge in [-0.05, 0) is 135 Å². The average Bonchev–Trinajstić information content (AvgIpc) is 3.26. The molecule has 0 radical (unpaired) electrons. The van der Waals surface area contributed by atoms with Gasteiger partial charge in [-0.3, -0.25) is 9.59 Å². The van der Waals surface area contributed by atoms with Crippen molar-refractivity contribution in [1.29, 1.82) is 0 Å². The molecule has 7 nitrogen and oxygen atoms in total. The molecule has 0 saturated carbocycles. The normalized spacial score (nSPS) is 13.9. The number of ether oxygens (including phenoxy) is 1. The number of carboxylic acid groups (broad SMARTS) is 1. The lowest BCUT2D eigenvalue weighted by molar-refractivity contribution is -0.150. The van der Waals surface area contributed by atoms with Gasteiger partial charge in [-0.1, -0.05) is 167 Å². The minimum absolute atomic E-state index is 0.106. The molecular formula is C55H86N2O5. The number of amides is 1. The molecule has 0 aliphatic rings. The van der Waals surface area contributed by atoms with E-state index in [9.17, 15) is 19.5 Å². The Morgan fingerprint density at radius 2 is 0.871 bits per heavy atom. The van der Waals surface area contributed by atoms with Crippen LogP contribution in [-0.4, -0.2) is 41.6 Å². The minimum Gasteiger partial charge on any atom is -0.480 e. The Morgan fingerprint density at radius 1 is 0.468 bits per heavy atom. The second-order valence-corrected chi connectivity index (χ2v) is 15.4. The summed E-state index contributed by atoms with van der Waals surface area (Å²) in [4.78, 5) is 36.5. The number of allylic oxidation sites excluding steroid dienone is 22. The zero-order chi connectivity index (χ0) is 45.2. The van der Waals surface area contributed by atoms with Gasteiger partial charge < -0.3 is 20.9 Å². The van der Waals surface area contributed by atoms with Gasteiger partial charge in [0.1, 0.15) is 12.1 Å². The molecule has 0 heterocycles. The quantitative estimate of drug-likeness (QED) is 0.0320. The summed E-state index contributed by atoms with van der Waals surface area (Å²) < 4.78 is 5.99. The molecule has 4 N–H and O–H groups in total. The minimum atomic E-state index is -1.02. The van der Waals surface area contributed by atoms with E-state index in [0.717, 1.165) is 135 Å². The van der Waals surface area contributed by atoms with Crippen molar-refractivity contribution in [1.82, 2.24) is 5.32 Å². The number of nitrogens with two attached hydrogens (primary N) is 1. The van der Waals surface area contributed by atoms with Crippen molar-refractivity contribution in [3.8, 4) is 0 Å². The summed E-state index contributed by atoms with van der Waals surface area (Å²) in [5.74, 6) is -1.37. The fourth-order valence-electron chi connectivity index (χ4n) is 6.20. The molecule has 0 aromatic heterocycles. The highest BCUT2D eigenvalue weighted by atomic mass is 16.5. The van der Waals surface area contributed by atoms with Gasteiger partial charge in [0.25, 0.3) is 0 Å². The zero-order valence-electron chi connectivity index (χ0n) is 38.9. The number of rotatable bonds is 41. The van der Waals surface area contributed by atoms with Crippen LogP contribution in [-0.2, 0) is 19.1 Å². The second-order valence-electron chi connectivity index (χ2n) is 15.4. The lowest BCUT2D eigenvalue weighted by atomic mass is 10.0. The zero-order valence-corrected chi connectivity index (χ0v) is 38.9. The maximum absolute atomic E-state index is 12.8. The number of nitrogens with one attached hydrogen (secondary N) is 1. The van der Waals surface area contributed by atoms with E-state index in [1.54, 1.807) is 0 Å². The summed E-state index contributed by atoms with van der Waals surface area (Å²) in [6, 6.07) is -0.877. The fraction of sp³-hybridized carbons (Fsp3) is 0.545. The van der Waals surface area contributed by atoms with Crippen molar-refractivity contribution in [2.75, 3.05) is 6.54 Å². The fourth-order valence-corrected chi connectivity index (χ4v) is 6.20. The lowest BCUT2D eigenvalue weighted by Gasteiger charge is -2.17. The summed E-state index contributed by atoms with van der Waals surface area (Å²) in [5.41, 5.74) is 5.49. The molecule has 346 valence electrons. The van der Waals surface area contributed by atoms with Crippen LogP contribution in [0.4, 0.5) is 0 Å². The Bertz CT molecular complexity index is 1420. The molecule has 2 atom stereocenters. The Balaban J connectivity index is 4.52. The molecule has 0 aromatic carbocycles. The molecule has 1 amide bonds. The number of hydrogen-bond acceptors (Lipinski definition) is 5. The SMILES string of the molecule is CC/C=C\C/C=C\C/C=C\C/C=C\C/C=C\C/C=C\C/C=C\CCCC(=O)OC(CC/C=C\C/C=C\C/C=C\C/C=C\CC)CCCCCCCC(=O)NC(CCCN)C(=O)O. The molecule has 0 fully saturated rings. The van der Waals surface area contributed by atoms with Crippen molar-refractivity contribution >= 4 is 17.8 Å². The van der Waals surface area contributed by atoms with Crippen LogP contribution < -0.4 is 11.1 Å². The van der Waals surface area contributed by atoms with Crippen LogP contribution in [0.5, 0.6) is 0 Å². The second kappa shape index (κ2) is 47.6. The highest BCUT2D eigenvalue weighted by Crippen LogP contribution is 2.16. The Morgan fingerprint density at radius 3 is 1.31 bits per heavy atom. The molecule has 0 aliphatic carbocycles. The number of carbonyl (C=O) groups excluding carboxylic acids is 2. The van der Waals surface area contributed by atoms with E-state index in [1.165, 1.54) is 0 Å². The third kappa shape index (κ3) is 43.6. The Kier molecular flexibility index (Phi) is 44.1. The summed E-state index contributed by atoms with van der Waals surface area (Å²) in [6.07, 6.45) is 69.3. The highest BCUT2D eigenvalue weighted by Gasteiger charge is 2.19. The first-order valence-electron chi connectivity index (χ1n) is 24.0. The molecule has 0 bridgehead atoms. The number of carbonyl (C=O) groups is 3. The van der Waals surface area contributed by atoms with E-state index in [2.05, 4.69) is 153 Å². The highest BCUT2D eigenvalue weighted by molar-refractivity contribution is 5.83. The van der Waals surface area contributed by atoms with Crippen molar-refractivity contribution < 1.29 is 24.2 Å². The van der Waals surface area contributed by atoms with E-state index in [0.29, 0.717) is 32.2 Å². The molecule has 0 rings (SSSR count). The largest absolute Gasteiger partial charge is 0.480 e. The third-order valence-electron chi connectivity index (χ3n) is 9.72. The number of esters is 1. The molecule has 62 heavy (non-hydrogen) atoms. The third-order valence-corrected chi connectivity index (χ3v) is 9.72. The molecule has 0 aliphatic heterocycles. The molecule has 0 saturated heterocycles. The summed E-state index contributed by atoms with van der Waals surface area (Å²) in [6.45, 7) is 4.70. The lowest BCUT2D eigenvalue weighted by Crippen LogP contribution is -2.40. The van der Waals surface area contributed by atoms with E-state index in [1.807, 2.05) is 0 Å². The van der Waals surface area contributed by atoms with Gasteiger partial charge in [-0.25, -0.2) is 4.79 Å². The molecule has 2 unspecified atom stereocenters. The van der Waals surface area contributed by atoms with Crippen molar-refractivity contribution in [2.45, 2.75) is 187 Å². The summed E-state index contributed by atoms with van der Waals surface area (Å²) >= 11 is 0. The number of unbranched alkanes of at least 4 members (excludes halogenated alkanes) is 5. The van der Waals surface area contributed by atoms with Crippen molar-refractivity contribution in [3.63, 3.8) is 0 Å². The Labute approximate surface area is 378 Å². The van der Waals surface area contributed by atoms with Crippen LogP contribution in [0.3, 0.4) is 0 Å². The predicted molar refractivity (Wildman–Crippen MR) is 266 cm³/mol. The van der Waals surface area contributed by atoms with Crippen molar-refractivity contribution in [2.24, 2.45) is 5.73 Å². The van der Waals surface area contributed by atoms with Crippen LogP contribution in [0.25, 0.3) is 0 Å². The van der Waals surface area contributed by atoms with Gasteiger partial charge in [0.2, 0.25) is 5.91 Å². The summed E-state index contributed by atoms with van der Waals surface area (Å²) in [7, 11) is 0. The summed E-state index contributed by atoms with van der Waals surface area (Å²) in [5, 5.41) is 11.9. The maximum Gasteiger partial charge on any atom is 0.326 e. The van der Waals surface area contributed by atoms with Gasteiger partial charge in [-0.2, -0.15) is 0 Å². The van der Waals surface area contributed by atoms with Crippen LogP contribution in [0.2, 0.25) is 0 Å². The number of carboxylic acids is 1. The van der Waals surface area contributed by atoms with Crippen LogP contribution in [0, 0.1) is 0 Å². The monoisotopic (exact) mass is 855 g/mol. The predicted octanol–water partition coefficient (Wildman–Crippen LogP) is 14.3. The van der Waals surface area contributed by atoms with Crippen LogP contribution in [0.15, 0.2) is 134 Å². The first-order valence-corrected chi connectivity index (χ1v) is 24.0. The number of aliphatic carboxylic acids is 1. The van der Waals surface area contributed by atoms with Gasteiger partial charge in [0.15, 0.2) is 0 Å². The first-order chi connectivity index (χ1) is 30.4. The molecular weight excluding hydrogens is 769 g/mol. The number of hydrogen-bond donors (Lipinski definition) is 3. The first kappa shape index (κ1) is 57.5. The average molecular weight is 855 g/mol. The van der Waals surface area contributed by atoms with Crippen LogP contribution >= 0.6 is 0 Å². The van der Waals surface area contributed by atoms with Gasteiger partial charge >= 0.3 is 11.9 Å².